The minimum absolute atomic E-state index is 0.190. The Morgan fingerprint density at radius 3 is 2.67 bits per heavy atom. The molecule has 27 heavy (non-hydrogen) atoms. The molecule has 7 heteroatoms. The van der Waals surface area contributed by atoms with Crippen LogP contribution in [-0.4, -0.2) is 44.7 Å². The molecule has 0 bridgehead atoms. The number of hydrogen-bond donors (Lipinski definition) is 1. The number of amides is 1. The minimum atomic E-state index is -0.375. The first-order valence-electron chi connectivity index (χ1n) is 9.72. The van der Waals surface area contributed by atoms with E-state index in [9.17, 15) is 4.79 Å². The Labute approximate surface area is 164 Å². The number of carbonyl (C=O) groups is 1. The van der Waals surface area contributed by atoms with Crippen LogP contribution >= 0.6 is 11.6 Å². The number of halogens is 1. The molecule has 0 atom stereocenters. The van der Waals surface area contributed by atoms with Crippen LogP contribution in [0.2, 0.25) is 5.02 Å². The zero-order valence-electron chi connectivity index (χ0n) is 15.7. The van der Waals surface area contributed by atoms with E-state index in [1.807, 2.05) is 28.9 Å². The molecular weight excluding hydrogens is 362 g/mol. The van der Waals surface area contributed by atoms with Crippen molar-refractivity contribution in [2.45, 2.75) is 51.7 Å². The van der Waals surface area contributed by atoms with E-state index in [0.29, 0.717) is 6.04 Å². The fourth-order valence-corrected chi connectivity index (χ4v) is 4.14. The Balaban J connectivity index is 1.46. The van der Waals surface area contributed by atoms with Crippen molar-refractivity contribution in [2.24, 2.45) is 5.41 Å². The first-order chi connectivity index (χ1) is 13.1. The second-order valence-electron chi connectivity index (χ2n) is 7.82. The van der Waals surface area contributed by atoms with Crippen molar-refractivity contribution in [3.8, 4) is 0 Å². The normalized spacial score (nSPS) is 19.3. The summed E-state index contributed by atoms with van der Waals surface area (Å²) in [5, 5.41) is 8.23. The maximum Gasteiger partial charge on any atom is 0.229 e. The van der Waals surface area contributed by atoms with Gasteiger partial charge in [0.15, 0.2) is 0 Å². The van der Waals surface area contributed by atoms with E-state index in [1.165, 1.54) is 6.42 Å². The third kappa shape index (κ3) is 3.87. The molecule has 1 saturated carbocycles. The van der Waals surface area contributed by atoms with Gasteiger partial charge in [0.05, 0.1) is 12.0 Å². The highest BCUT2D eigenvalue weighted by Gasteiger charge is 2.49. The fraction of sp³-hybridized carbons (Fsp3) is 0.550. The van der Waals surface area contributed by atoms with Crippen LogP contribution in [-0.2, 0) is 24.3 Å². The number of aryl methyl sites for hydroxylation is 1. The molecule has 1 amide bonds. The number of aromatic nitrogens is 3. The van der Waals surface area contributed by atoms with Crippen LogP contribution < -0.4 is 5.32 Å². The van der Waals surface area contributed by atoms with Gasteiger partial charge in [-0.25, -0.2) is 9.67 Å². The first kappa shape index (κ1) is 18.4. The first-order valence-corrected chi connectivity index (χ1v) is 10.1. The number of nitrogens with one attached hydrogen (secondary N) is 1. The van der Waals surface area contributed by atoms with Crippen LogP contribution in [0.1, 0.15) is 37.6 Å². The lowest BCUT2D eigenvalue weighted by Crippen LogP contribution is -2.65. The van der Waals surface area contributed by atoms with Crippen LogP contribution in [0.3, 0.4) is 0 Å². The summed E-state index contributed by atoms with van der Waals surface area (Å²) < 4.78 is 1.91. The van der Waals surface area contributed by atoms with Crippen LogP contribution in [0.25, 0.3) is 0 Å². The molecule has 1 aromatic carbocycles. The van der Waals surface area contributed by atoms with Gasteiger partial charge < -0.3 is 5.32 Å². The van der Waals surface area contributed by atoms with Gasteiger partial charge in [0.2, 0.25) is 5.91 Å². The molecule has 0 radical (unpaired) electrons. The van der Waals surface area contributed by atoms with Crippen molar-refractivity contribution in [3.05, 3.63) is 47.0 Å². The van der Waals surface area contributed by atoms with Crippen molar-refractivity contribution in [1.29, 1.82) is 0 Å². The maximum absolute atomic E-state index is 13.1. The molecule has 6 nitrogen and oxygen atoms in total. The van der Waals surface area contributed by atoms with E-state index in [0.717, 1.165) is 61.9 Å². The van der Waals surface area contributed by atoms with Gasteiger partial charge in [0.1, 0.15) is 12.2 Å². The van der Waals surface area contributed by atoms with Gasteiger partial charge in [0, 0.05) is 30.7 Å². The highest BCUT2D eigenvalue weighted by atomic mass is 35.5. The van der Waals surface area contributed by atoms with Gasteiger partial charge in [-0.15, -0.1) is 0 Å². The second-order valence-corrected chi connectivity index (χ2v) is 8.26. The van der Waals surface area contributed by atoms with E-state index < -0.39 is 0 Å². The largest absolute Gasteiger partial charge is 0.353 e. The second kappa shape index (κ2) is 7.60. The molecule has 0 unspecified atom stereocenters. The molecule has 1 saturated heterocycles. The van der Waals surface area contributed by atoms with Gasteiger partial charge in [-0.2, -0.15) is 5.10 Å². The monoisotopic (exact) mass is 387 g/mol. The quantitative estimate of drug-likeness (QED) is 0.793. The Hall–Kier alpha value is -1.92. The Kier molecular flexibility index (Phi) is 5.19. The fourth-order valence-electron chi connectivity index (χ4n) is 4.02. The van der Waals surface area contributed by atoms with Crippen LogP contribution in [0, 0.1) is 5.41 Å². The molecule has 2 fully saturated rings. The molecule has 0 spiro atoms. The highest BCUT2D eigenvalue weighted by molar-refractivity contribution is 6.30. The Morgan fingerprint density at radius 2 is 2.04 bits per heavy atom. The molecule has 1 aliphatic heterocycles. The maximum atomic E-state index is 13.1. The van der Waals surface area contributed by atoms with Crippen LogP contribution in [0.15, 0.2) is 30.6 Å². The van der Waals surface area contributed by atoms with Gasteiger partial charge in [-0.3, -0.25) is 9.69 Å². The van der Waals surface area contributed by atoms with Gasteiger partial charge in [0.25, 0.3) is 0 Å². The van der Waals surface area contributed by atoms with E-state index >= 15 is 0 Å². The summed E-state index contributed by atoms with van der Waals surface area (Å²) in [7, 11) is 0. The Morgan fingerprint density at radius 1 is 1.30 bits per heavy atom. The topological polar surface area (TPSA) is 63.1 Å². The number of likely N-dealkylation sites (tertiary alicyclic amines) is 1. The molecular formula is C20H26ClN5O. The number of nitrogens with zero attached hydrogens (tertiary/aromatic N) is 4. The van der Waals surface area contributed by atoms with Crippen molar-refractivity contribution in [2.75, 3.05) is 13.1 Å². The van der Waals surface area contributed by atoms with Crippen molar-refractivity contribution in [3.63, 3.8) is 0 Å². The summed E-state index contributed by atoms with van der Waals surface area (Å²) in [6.07, 6.45) is 5.76. The lowest BCUT2D eigenvalue weighted by molar-refractivity contribution is -0.144. The molecule has 1 aliphatic carbocycles. The molecule has 1 N–H and O–H groups in total. The van der Waals surface area contributed by atoms with Crippen LogP contribution in [0.5, 0.6) is 0 Å². The highest BCUT2D eigenvalue weighted by Crippen LogP contribution is 2.36. The molecule has 144 valence electrons. The molecule has 1 aromatic heterocycles. The zero-order valence-corrected chi connectivity index (χ0v) is 16.5. The summed E-state index contributed by atoms with van der Waals surface area (Å²) in [6, 6.07) is 8.20. The van der Waals surface area contributed by atoms with E-state index in [4.69, 9.17) is 11.6 Å². The SMILES string of the molecule is CCn1ncnc1CN1CC(Cc2ccc(Cl)cc2)(C(=O)NC2CCC2)C1. The van der Waals surface area contributed by atoms with Crippen molar-refractivity contribution in [1.82, 2.24) is 25.0 Å². The third-order valence-corrected chi connectivity index (χ3v) is 6.04. The lowest BCUT2D eigenvalue weighted by Gasteiger charge is -2.49. The number of carbonyl (C=O) groups excluding carboxylic acids is 1. The van der Waals surface area contributed by atoms with Gasteiger partial charge >= 0.3 is 0 Å². The number of hydrogen-bond acceptors (Lipinski definition) is 4. The smallest absolute Gasteiger partial charge is 0.229 e. The average molecular weight is 388 g/mol. The van der Waals surface area contributed by atoms with E-state index in [2.05, 4.69) is 27.2 Å². The van der Waals surface area contributed by atoms with Crippen molar-refractivity contribution >= 4 is 17.5 Å². The summed E-state index contributed by atoms with van der Waals surface area (Å²) in [5.41, 5.74) is 0.778. The minimum Gasteiger partial charge on any atom is -0.353 e. The molecule has 2 aromatic rings. The summed E-state index contributed by atoms with van der Waals surface area (Å²) in [4.78, 5) is 19.7. The van der Waals surface area contributed by atoms with Crippen LogP contribution in [0.4, 0.5) is 0 Å². The predicted molar refractivity (Wildman–Crippen MR) is 104 cm³/mol. The molecule has 4 rings (SSSR count). The average Bonchev–Trinajstić information content (AvgIpc) is 3.05. The van der Waals surface area contributed by atoms with E-state index in [1.54, 1.807) is 6.33 Å². The van der Waals surface area contributed by atoms with E-state index in [-0.39, 0.29) is 11.3 Å². The zero-order chi connectivity index (χ0) is 18.9. The summed E-state index contributed by atoms with van der Waals surface area (Å²) in [6.45, 7) is 5.08. The standard InChI is InChI=1S/C20H26ClN5O/c1-2-26-18(22-14-23-26)11-25-12-20(13-25,19(27)24-17-4-3-5-17)10-15-6-8-16(21)9-7-15/h6-9,14,17H,2-5,10-13H2,1H3,(H,24,27). The van der Waals surface area contributed by atoms with Crippen molar-refractivity contribution < 1.29 is 4.79 Å². The van der Waals surface area contributed by atoms with Gasteiger partial charge in [-0.1, -0.05) is 23.7 Å². The summed E-state index contributed by atoms with van der Waals surface area (Å²) >= 11 is 6.02. The predicted octanol–water partition coefficient (Wildman–Crippen LogP) is 2.66. The number of benzene rings is 1. The third-order valence-electron chi connectivity index (χ3n) is 5.79. The summed E-state index contributed by atoms with van der Waals surface area (Å²) in [5.74, 6) is 1.15. The number of rotatable bonds is 7. The molecule has 2 aliphatic rings. The van der Waals surface area contributed by atoms with Gasteiger partial charge in [-0.05, 0) is 50.3 Å². The lowest BCUT2D eigenvalue weighted by atomic mass is 9.73. The molecule has 2 heterocycles. The Bertz CT molecular complexity index is 793.